The van der Waals surface area contributed by atoms with Gasteiger partial charge < -0.3 is 0 Å². The number of hydrogen-bond acceptors (Lipinski definition) is 3. The van der Waals surface area contributed by atoms with Gasteiger partial charge in [-0.2, -0.15) is 0 Å². The molecule has 2 aromatic heterocycles. The summed E-state index contributed by atoms with van der Waals surface area (Å²) in [5.41, 5.74) is 1.96. The Morgan fingerprint density at radius 3 is 2.74 bits per heavy atom. The number of fused-ring (bicyclic) bond motifs is 1. The monoisotopic (exact) mass is 559 g/mol. The van der Waals surface area contributed by atoms with Gasteiger partial charge >= 0.3 is 192 Å². The van der Waals surface area contributed by atoms with Crippen molar-refractivity contribution in [3.05, 3.63) is 58.2 Å². The van der Waals surface area contributed by atoms with Crippen LogP contribution in [0.5, 0.6) is 5.75 Å². The van der Waals surface area contributed by atoms with E-state index in [0.717, 1.165) is 0 Å². The standard InChI is InChI=1S/C21H17BrF3N3O2Se/c1-26-19(29)13-7-8-18(30-2)16(11-13)27-9-3-5-14-12-17-15(22)6-4-10-28(17)20(14)31-21(23,24)25/h4,6-8,10-12,27H,9H2,1-2H3,(H,26,29). The topological polar surface area (TPSA) is 54.8 Å². The average Bonchev–Trinajstić information content (AvgIpc) is 3.07. The molecule has 3 rings (SSSR count). The van der Waals surface area contributed by atoms with Gasteiger partial charge in [-0.3, -0.25) is 0 Å². The van der Waals surface area contributed by atoms with Gasteiger partial charge in [0.05, 0.1) is 0 Å². The van der Waals surface area contributed by atoms with E-state index in [1.54, 1.807) is 42.6 Å². The van der Waals surface area contributed by atoms with E-state index in [1.807, 2.05) is 0 Å². The molecule has 1 aromatic carbocycles. The SMILES string of the molecule is CNC(=O)c1ccc(OC)c(NCC#Cc2cc3c(Br)cccn3c2[Se]C(F)(F)F)c1. The number of amides is 1. The predicted octanol–water partition coefficient (Wildman–Crippen LogP) is 3.38. The van der Waals surface area contributed by atoms with Crippen molar-refractivity contribution in [2.45, 2.75) is 5.07 Å². The van der Waals surface area contributed by atoms with E-state index in [-0.39, 0.29) is 17.0 Å². The van der Waals surface area contributed by atoms with Crippen molar-refractivity contribution in [1.29, 1.82) is 0 Å². The summed E-state index contributed by atoms with van der Waals surface area (Å²) < 4.78 is 47.1. The molecule has 0 aliphatic heterocycles. The molecule has 31 heavy (non-hydrogen) atoms. The van der Waals surface area contributed by atoms with Gasteiger partial charge in [0.15, 0.2) is 0 Å². The van der Waals surface area contributed by atoms with Gasteiger partial charge in [0, 0.05) is 0 Å². The average molecular weight is 559 g/mol. The molecule has 3 aromatic rings. The quantitative estimate of drug-likeness (QED) is 0.373. The van der Waals surface area contributed by atoms with Gasteiger partial charge in [-0.15, -0.1) is 0 Å². The summed E-state index contributed by atoms with van der Waals surface area (Å²) in [7, 11) is 3.03. The first-order valence-corrected chi connectivity index (χ1v) is 11.4. The number of aromatic nitrogens is 1. The third-order valence-corrected chi connectivity index (χ3v) is 6.64. The second kappa shape index (κ2) is 9.69. The number of anilines is 1. The van der Waals surface area contributed by atoms with Crippen LogP contribution in [0.25, 0.3) is 5.52 Å². The molecule has 10 heteroatoms. The minimum atomic E-state index is -4.30. The number of hydrogen-bond donors (Lipinski definition) is 2. The molecular weight excluding hydrogens is 542 g/mol. The molecule has 0 spiro atoms. The zero-order valence-electron chi connectivity index (χ0n) is 16.4. The molecule has 162 valence electrons. The van der Waals surface area contributed by atoms with Crippen molar-refractivity contribution in [1.82, 2.24) is 9.72 Å². The van der Waals surface area contributed by atoms with Crippen molar-refractivity contribution in [2.24, 2.45) is 0 Å². The van der Waals surface area contributed by atoms with Crippen LogP contribution in [0.15, 0.2) is 47.1 Å². The number of ether oxygens (including phenoxy) is 1. The molecule has 2 N–H and O–H groups in total. The number of nitrogens with zero attached hydrogens (tertiary/aromatic N) is 1. The van der Waals surface area contributed by atoms with E-state index in [9.17, 15) is 18.0 Å². The van der Waals surface area contributed by atoms with Crippen LogP contribution in [0.2, 0.25) is 0 Å². The molecule has 0 radical (unpaired) electrons. The molecule has 5 nitrogen and oxygen atoms in total. The fourth-order valence-electron chi connectivity index (χ4n) is 2.85. The first kappa shape index (κ1) is 23.1. The van der Waals surface area contributed by atoms with Crippen molar-refractivity contribution in [3.8, 4) is 17.6 Å². The zero-order valence-corrected chi connectivity index (χ0v) is 19.7. The molecule has 0 bridgehead atoms. The number of carbonyl (C=O) groups excluding carboxylic acids is 1. The van der Waals surface area contributed by atoms with Crippen LogP contribution in [0.3, 0.4) is 0 Å². The molecular formula is C21H17BrF3N3O2Se. The van der Waals surface area contributed by atoms with Crippen LogP contribution in [-0.2, 0) is 0 Å². The van der Waals surface area contributed by atoms with Crippen molar-refractivity contribution in [2.75, 3.05) is 26.0 Å². The molecule has 0 atom stereocenters. The van der Waals surface area contributed by atoms with Crippen molar-refractivity contribution < 1.29 is 22.7 Å². The van der Waals surface area contributed by atoms with Crippen LogP contribution < -0.4 is 20.0 Å². The molecule has 0 fully saturated rings. The summed E-state index contributed by atoms with van der Waals surface area (Å²) in [5.74, 6) is 5.99. The Hall–Kier alpha value is -2.60. The zero-order chi connectivity index (χ0) is 22.6. The molecule has 1 amide bonds. The third-order valence-electron chi connectivity index (χ3n) is 4.20. The summed E-state index contributed by atoms with van der Waals surface area (Å²) in [6.45, 7) is 0.152. The summed E-state index contributed by atoms with van der Waals surface area (Å²) in [4.78, 5) is 11.8. The van der Waals surface area contributed by atoms with Crippen LogP contribution in [0.1, 0.15) is 15.9 Å². The summed E-state index contributed by atoms with van der Waals surface area (Å²) >= 11 is 1.63. The second-order valence-electron chi connectivity index (χ2n) is 6.17. The molecule has 0 unspecified atom stereocenters. The van der Waals surface area contributed by atoms with E-state index in [2.05, 4.69) is 38.4 Å². The fourth-order valence-corrected chi connectivity index (χ4v) is 4.77. The predicted molar refractivity (Wildman–Crippen MR) is 118 cm³/mol. The van der Waals surface area contributed by atoms with Gasteiger partial charge in [0.1, 0.15) is 0 Å². The van der Waals surface area contributed by atoms with E-state index in [1.165, 1.54) is 18.6 Å². The normalized spacial score (nSPS) is 11.0. The van der Waals surface area contributed by atoms with Gasteiger partial charge in [-0.1, -0.05) is 0 Å². The molecule has 0 saturated heterocycles. The Balaban J connectivity index is 1.87. The van der Waals surface area contributed by atoms with Crippen LogP contribution >= 0.6 is 15.9 Å². The second-order valence-corrected chi connectivity index (χ2v) is 9.24. The maximum absolute atomic E-state index is 13.1. The molecule has 0 aliphatic carbocycles. The first-order valence-electron chi connectivity index (χ1n) is 8.91. The summed E-state index contributed by atoms with van der Waals surface area (Å²) in [5, 5.41) is 1.30. The van der Waals surface area contributed by atoms with E-state index in [0.29, 0.717) is 32.6 Å². The molecule has 2 heterocycles. The molecule has 0 saturated carbocycles. The third kappa shape index (κ3) is 5.56. The number of carbonyl (C=O) groups is 1. The van der Waals surface area contributed by atoms with Gasteiger partial charge in [-0.25, -0.2) is 0 Å². The number of nitrogens with one attached hydrogen (secondary N) is 2. The minimum absolute atomic E-state index is 0.142. The summed E-state index contributed by atoms with van der Waals surface area (Å²) in [6, 6.07) is 10.0. The van der Waals surface area contributed by atoms with E-state index >= 15 is 0 Å². The number of alkyl halides is 3. The number of methoxy groups -OCH3 is 1. The van der Waals surface area contributed by atoms with Crippen LogP contribution in [-0.4, -0.2) is 51.0 Å². The number of benzene rings is 1. The molecule has 0 aliphatic rings. The number of rotatable bonds is 5. The summed E-state index contributed by atoms with van der Waals surface area (Å²) in [6.07, 6.45) is 1.60. The Kier molecular flexibility index (Phi) is 7.21. The van der Waals surface area contributed by atoms with Gasteiger partial charge in [0.25, 0.3) is 0 Å². The number of halogens is 4. The van der Waals surface area contributed by atoms with Gasteiger partial charge in [0.2, 0.25) is 0 Å². The Morgan fingerprint density at radius 2 is 2.06 bits per heavy atom. The Labute approximate surface area is 191 Å². The maximum atomic E-state index is 13.1. The number of pyridine rings is 1. The fraction of sp³-hybridized carbons (Fsp3) is 0.190. The first-order chi connectivity index (χ1) is 14.7. The van der Waals surface area contributed by atoms with Crippen LogP contribution in [0, 0.1) is 11.8 Å². The van der Waals surface area contributed by atoms with E-state index < -0.39 is 20.0 Å². The van der Waals surface area contributed by atoms with Crippen molar-refractivity contribution in [3.63, 3.8) is 0 Å². The van der Waals surface area contributed by atoms with Crippen LogP contribution in [0.4, 0.5) is 18.9 Å². The Bertz CT molecular complexity index is 1180. The van der Waals surface area contributed by atoms with E-state index in [4.69, 9.17) is 4.74 Å². The van der Waals surface area contributed by atoms with Gasteiger partial charge in [-0.05, 0) is 0 Å². The Morgan fingerprint density at radius 1 is 1.29 bits per heavy atom. The van der Waals surface area contributed by atoms with Crippen molar-refractivity contribution >= 4 is 52.6 Å².